The maximum atomic E-state index is 11.7. The molecule has 0 atom stereocenters. The molecule has 1 aromatic heterocycles. The number of amides is 1. The highest BCUT2D eigenvalue weighted by molar-refractivity contribution is 6.33. The summed E-state index contributed by atoms with van der Waals surface area (Å²) in [5.74, 6) is 0.104. The third-order valence-electron chi connectivity index (χ3n) is 2.45. The van der Waals surface area contributed by atoms with Gasteiger partial charge in [0, 0.05) is 6.07 Å². The number of rotatable bonds is 4. The molecule has 5 nitrogen and oxygen atoms in total. The number of aryl methyl sites for hydroxylation is 2. The molecule has 1 aromatic carbocycles. The molecule has 0 aliphatic rings. The lowest BCUT2D eigenvalue weighted by atomic mass is 10.2. The van der Waals surface area contributed by atoms with Crippen LogP contribution in [-0.4, -0.2) is 17.6 Å². The Morgan fingerprint density at radius 1 is 1.37 bits per heavy atom. The summed E-state index contributed by atoms with van der Waals surface area (Å²) in [6.45, 7) is 3.83. The van der Waals surface area contributed by atoms with E-state index in [9.17, 15) is 4.79 Å². The van der Waals surface area contributed by atoms with Gasteiger partial charge in [0.05, 0.1) is 22.9 Å². The summed E-state index contributed by atoms with van der Waals surface area (Å²) in [7, 11) is 0. The van der Waals surface area contributed by atoms with Gasteiger partial charge in [-0.25, -0.2) is 0 Å². The van der Waals surface area contributed by atoms with Crippen molar-refractivity contribution in [1.82, 2.24) is 5.16 Å². The fourth-order valence-electron chi connectivity index (χ4n) is 1.54. The molecule has 0 bridgehead atoms. The average molecular weight is 280 g/mol. The summed E-state index contributed by atoms with van der Waals surface area (Å²) in [5.41, 5.74) is 2.50. The summed E-state index contributed by atoms with van der Waals surface area (Å²) >= 11 is 6.05. The van der Waals surface area contributed by atoms with Crippen LogP contribution in [0.25, 0.3) is 0 Å². The zero-order valence-electron chi connectivity index (χ0n) is 10.7. The van der Waals surface area contributed by atoms with Gasteiger partial charge in [-0.05, 0) is 31.5 Å². The molecule has 0 radical (unpaired) electrons. The molecule has 2 aromatic rings. The fraction of sp³-hybridized carbons (Fsp3) is 0.231. The summed E-state index contributed by atoms with van der Waals surface area (Å²) in [4.78, 5) is 11.7. The summed E-state index contributed by atoms with van der Waals surface area (Å²) in [6, 6.07) is 7.24. The normalized spacial score (nSPS) is 10.3. The van der Waals surface area contributed by atoms with Crippen LogP contribution in [0, 0.1) is 13.8 Å². The van der Waals surface area contributed by atoms with Gasteiger partial charge in [0.25, 0.3) is 0 Å². The smallest absolute Gasteiger partial charge is 0.246 e. The number of nitrogens with zero attached hydrogens (tertiary/aromatic N) is 1. The molecule has 6 heteroatoms. The summed E-state index contributed by atoms with van der Waals surface area (Å²) in [6.07, 6.45) is 0. The Kier molecular flexibility index (Phi) is 4.06. The maximum absolute atomic E-state index is 11.7. The van der Waals surface area contributed by atoms with Crippen LogP contribution in [-0.2, 0) is 4.79 Å². The van der Waals surface area contributed by atoms with Crippen molar-refractivity contribution in [3.05, 3.63) is 40.5 Å². The lowest BCUT2D eigenvalue weighted by molar-refractivity contribution is -0.114. The first kappa shape index (κ1) is 13.4. The van der Waals surface area contributed by atoms with E-state index >= 15 is 0 Å². The van der Waals surface area contributed by atoms with Crippen LogP contribution in [0.3, 0.4) is 0 Å². The van der Waals surface area contributed by atoms with Gasteiger partial charge in [-0.2, -0.15) is 0 Å². The number of nitrogens with one attached hydrogen (secondary N) is 2. The predicted molar refractivity (Wildman–Crippen MR) is 74.5 cm³/mol. The third-order valence-corrected chi connectivity index (χ3v) is 2.77. The number of hydrogen-bond acceptors (Lipinski definition) is 4. The van der Waals surface area contributed by atoms with Crippen LogP contribution in [0.5, 0.6) is 0 Å². The van der Waals surface area contributed by atoms with E-state index in [4.69, 9.17) is 16.1 Å². The van der Waals surface area contributed by atoms with Crippen LogP contribution >= 0.6 is 11.6 Å². The number of halogens is 1. The highest BCUT2D eigenvalue weighted by Gasteiger charge is 2.07. The zero-order chi connectivity index (χ0) is 13.8. The molecule has 100 valence electrons. The second-order valence-electron chi connectivity index (χ2n) is 4.22. The van der Waals surface area contributed by atoms with Crippen LogP contribution in [0.15, 0.2) is 28.8 Å². The van der Waals surface area contributed by atoms with E-state index in [2.05, 4.69) is 15.8 Å². The van der Waals surface area contributed by atoms with Crippen molar-refractivity contribution in [3.63, 3.8) is 0 Å². The first-order valence-electron chi connectivity index (χ1n) is 5.78. The quantitative estimate of drug-likeness (QED) is 0.903. The van der Waals surface area contributed by atoms with E-state index in [0.29, 0.717) is 16.6 Å². The Hall–Kier alpha value is -2.01. The van der Waals surface area contributed by atoms with Gasteiger partial charge in [-0.15, -0.1) is 0 Å². The SMILES string of the molecule is Cc1ccc(NCC(=O)Nc2cc(C)no2)c(Cl)c1. The van der Waals surface area contributed by atoms with Crippen molar-refractivity contribution in [3.8, 4) is 0 Å². The fourth-order valence-corrected chi connectivity index (χ4v) is 1.85. The van der Waals surface area contributed by atoms with Crippen LogP contribution < -0.4 is 10.6 Å². The van der Waals surface area contributed by atoms with E-state index < -0.39 is 0 Å². The largest absolute Gasteiger partial charge is 0.375 e. The molecule has 0 aliphatic heterocycles. The average Bonchev–Trinajstić information content (AvgIpc) is 2.73. The lowest BCUT2D eigenvalue weighted by Gasteiger charge is -2.08. The molecule has 19 heavy (non-hydrogen) atoms. The van der Waals surface area contributed by atoms with Gasteiger partial charge >= 0.3 is 0 Å². The summed E-state index contributed by atoms with van der Waals surface area (Å²) in [5, 5.41) is 9.82. The highest BCUT2D eigenvalue weighted by Crippen LogP contribution is 2.22. The molecule has 2 N–H and O–H groups in total. The van der Waals surface area contributed by atoms with Gasteiger partial charge < -0.3 is 9.84 Å². The van der Waals surface area contributed by atoms with Crippen molar-refractivity contribution in [2.45, 2.75) is 13.8 Å². The number of benzene rings is 1. The van der Waals surface area contributed by atoms with Crippen molar-refractivity contribution in [1.29, 1.82) is 0 Å². The van der Waals surface area contributed by atoms with Crippen LogP contribution in [0.4, 0.5) is 11.6 Å². The van der Waals surface area contributed by atoms with E-state index in [1.165, 1.54) is 0 Å². The third kappa shape index (κ3) is 3.72. The molecular weight excluding hydrogens is 266 g/mol. The summed E-state index contributed by atoms with van der Waals surface area (Å²) < 4.78 is 4.89. The molecule has 0 unspecified atom stereocenters. The highest BCUT2D eigenvalue weighted by atomic mass is 35.5. The molecule has 0 fully saturated rings. The van der Waals surface area contributed by atoms with Crippen molar-refractivity contribution in [2.24, 2.45) is 0 Å². The Morgan fingerprint density at radius 2 is 2.16 bits per heavy atom. The van der Waals surface area contributed by atoms with E-state index in [1.807, 2.05) is 25.1 Å². The number of anilines is 2. The van der Waals surface area contributed by atoms with Gasteiger partial charge in [0.1, 0.15) is 0 Å². The zero-order valence-corrected chi connectivity index (χ0v) is 11.4. The second-order valence-corrected chi connectivity index (χ2v) is 4.62. The molecular formula is C13H14ClN3O2. The van der Waals surface area contributed by atoms with Crippen LogP contribution in [0.2, 0.25) is 5.02 Å². The van der Waals surface area contributed by atoms with Gasteiger partial charge in [-0.3, -0.25) is 10.1 Å². The monoisotopic (exact) mass is 279 g/mol. The second kappa shape index (κ2) is 5.75. The Labute approximate surface area is 115 Å². The molecule has 0 aliphatic carbocycles. The number of hydrogen-bond donors (Lipinski definition) is 2. The van der Waals surface area contributed by atoms with Gasteiger partial charge in [0.2, 0.25) is 11.8 Å². The minimum Gasteiger partial charge on any atom is -0.375 e. The maximum Gasteiger partial charge on any atom is 0.246 e. The van der Waals surface area contributed by atoms with E-state index in [0.717, 1.165) is 11.3 Å². The van der Waals surface area contributed by atoms with E-state index in [-0.39, 0.29) is 12.5 Å². The van der Waals surface area contributed by atoms with E-state index in [1.54, 1.807) is 13.0 Å². The molecule has 0 spiro atoms. The Balaban J connectivity index is 1.89. The van der Waals surface area contributed by atoms with Crippen molar-refractivity contribution >= 4 is 29.1 Å². The first-order valence-corrected chi connectivity index (χ1v) is 6.15. The molecule has 2 rings (SSSR count). The van der Waals surface area contributed by atoms with Gasteiger partial charge in [-0.1, -0.05) is 22.8 Å². The molecule has 1 heterocycles. The predicted octanol–water partition coefficient (Wildman–Crippen LogP) is 3.00. The van der Waals surface area contributed by atoms with Crippen LogP contribution in [0.1, 0.15) is 11.3 Å². The van der Waals surface area contributed by atoms with Crippen molar-refractivity contribution < 1.29 is 9.32 Å². The number of carbonyl (C=O) groups is 1. The molecule has 0 saturated heterocycles. The minimum atomic E-state index is -0.229. The first-order chi connectivity index (χ1) is 9.04. The lowest BCUT2D eigenvalue weighted by Crippen LogP contribution is -2.21. The van der Waals surface area contributed by atoms with Crippen molar-refractivity contribution in [2.75, 3.05) is 17.2 Å². The topological polar surface area (TPSA) is 67.2 Å². The minimum absolute atomic E-state index is 0.0997. The number of carbonyl (C=O) groups excluding carboxylic acids is 1. The molecule has 1 amide bonds. The standard InChI is InChI=1S/C13H14ClN3O2/c1-8-3-4-11(10(14)5-8)15-7-12(18)16-13-6-9(2)17-19-13/h3-6,15H,7H2,1-2H3,(H,16,18). The number of aromatic nitrogens is 1. The Morgan fingerprint density at radius 3 is 2.79 bits per heavy atom. The van der Waals surface area contributed by atoms with Gasteiger partial charge in [0.15, 0.2) is 0 Å². The molecule has 0 saturated carbocycles. The Bertz CT molecular complexity index is 595.